The van der Waals surface area contributed by atoms with E-state index < -0.39 is 4.92 Å². The Hall–Kier alpha value is -3.15. The fourth-order valence-electron chi connectivity index (χ4n) is 2.18. The topological polar surface area (TPSA) is 88.2 Å². The molecule has 0 heterocycles. The third kappa shape index (κ3) is 3.98. The van der Waals surface area contributed by atoms with Crippen molar-refractivity contribution in [2.75, 3.05) is 12.4 Å². The van der Waals surface area contributed by atoms with Crippen molar-refractivity contribution in [2.24, 2.45) is 0 Å². The van der Waals surface area contributed by atoms with Gasteiger partial charge in [-0.25, -0.2) is 0 Å². The number of hydrogen-bond donors (Lipinski definition) is 2. The number of benzene rings is 2. The van der Waals surface area contributed by atoms with Gasteiger partial charge in [0.2, 0.25) is 0 Å². The average Bonchev–Trinajstić information content (AvgIpc) is 2.59. The number of nitrogens with zero attached hydrogens (tertiary/aromatic N) is 1. The van der Waals surface area contributed by atoms with E-state index in [1.807, 2.05) is 24.3 Å². The van der Waals surface area contributed by atoms with Crippen LogP contribution in [0, 0.1) is 15.5 Å². The zero-order valence-corrected chi connectivity index (χ0v) is 13.6. The maximum absolute atomic E-state index is 11.0. The smallest absolute Gasteiger partial charge is 0.270 e. The Morgan fingerprint density at radius 1 is 1.29 bits per heavy atom. The van der Waals surface area contributed by atoms with E-state index in [-0.39, 0.29) is 11.4 Å². The monoisotopic (exact) mass is 325 g/mol. The van der Waals surface area contributed by atoms with Crippen LogP contribution in [0.15, 0.2) is 54.6 Å². The number of anilines is 1. The maximum Gasteiger partial charge on any atom is 0.270 e. The van der Waals surface area contributed by atoms with Crippen LogP contribution in [-0.4, -0.2) is 17.7 Å². The normalized spacial score (nSPS) is 10.1. The molecule has 6 heteroatoms. The molecule has 0 saturated carbocycles. The summed E-state index contributed by atoms with van der Waals surface area (Å²) in [5.74, 6) is 0.777. The first-order valence-electron chi connectivity index (χ1n) is 7.32. The number of methoxy groups -OCH3 is 1. The second-order valence-corrected chi connectivity index (χ2v) is 5.34. The number of rotatable bonds is 7. The fourth-order valence-corrected chi connectivity index (χ4v) is 2.18. The lowest BCUT2D eigenvalue weighted by Crippen LogP contribution is -2.08. The van der Waals surface area contributed by atoms with Crippen LogP contribution in [0.4, 0.5) is 11.4 Å². The summed E-state index contributed by atoms with van der Waals surface area (Å²) in [4.78, 5) is 10.5. The summed E-state index contributed by atoms with van der Waals surface area (Å²) in [6, 6.07) is 12.0. The quantitative estimate of drug-likeness (QED) is 0.454. The molecule has 0 aliphatic heterocycles. The molecule has 2 aromatic rings. The zero-order valence-electron chi connectivity index (χ0n) is 13.6. The maximum atomic E-state index is 11.0. The summed E-state index contributed by atoms with van der Waals surface area (Å²) in [6.07, 6.45) is 0. The largest absolute Gasteiger partial charge is 0.497 e. The van der Waals surface area contributed by atoms with E-state index in [9.17, 15) is 10.1 Å². The van der Waals surface area contributed by atoms with Crippen molar-refractivity contribution in [1.29, 1.82) is 5.41 Å². The van der Waals surface area contributed by atoms with E-state index in [1.54, 1.807) is 20.1 Å². The molecule has 124 valence electrons. The van der Waals surface area contributed by atoms with E-state index in [0.717, 1.165) is 11.3 Å². The molecular weight excluding hydrogens is 306 g/mol. The van der Waals surface area contributed by atoms with Crippen molar-refractivity contribution in [3.8, 4) is 5.75 Å². The van der Waals surface area contributed by atoms with Crippen molar-refractivity contribution in [1.82, 2.24) is 0 Å². The molecule has 0 bridgehead atoms. The number of allylic oxidation sites excluding steroid dienone is 1. The predicted octanol–water partition coefficient (Wildman–Crippen LogP) is 4.16. The van der Waals surface area contributed by atoms with Crippen LogP contribution in [0.5, 0.6) is 5.75 Å². The molecule has 0 aliphatic rings. The minimum Gasteiger partial charge on any atom is -0.497 e. The highest BCUT2D eigenvalue weighted by molar-refractivity contribution is 6.13. The van der Waals surface area contributed by atoms with Crippen molar-refractivity contribution in [3.63, 3.8) is 0 Å². The van der Waals surface area contributed by atoms with Crippen LogP contribution in [0.2, 0.25) is 0 Å². The number of nitrogens with one attached hydrogen (secondary N) is 2. The van der Waals surface area contributed by atoms with Gasteiger partial charge in [0, 0.05) is 29.9 Å². The summed E-state index contributed by atoms with van der Waals surface area (Å²) in [7, 11) is 1.61. The van der Waals surface area contributed by atoms with E-state index in [0.29, 0.717) is 23.4 Å². The molecule has 0 atom stereocenters. The van der Waals surface area contributed by atoms with Gasteiger partial charge in [-0.05, 0) is 36.3 Å². The van der Waals surface area contributed by atoms with E-state index in [1.165, 1.54) is 12.1 Å². The SMILES string of the molecule is C=C(C)C(=N)c1cc([N+](=O)[O-])ccc1NCc1ccc(OC)cc1. The predicted molar refractivity (Wildman–Crippen MR) is 95.1 cm³/mol. The number of non-ortho nitro benzene ring substituents is 1. The minimum atomic E-state index is -0.470. The highest BCUT2D eigenvalue weighted by atomic mass is 16.6. The minimum absolute atomic E-state index is 0.0500. The molecule has 0 radical (unpaired) electrons. The molecule has 0 unspecified atom stereocenters. The van der Waals surface area contributed by atoms with Crippen LogP contribution < -0.4 is 10.1 Å². The highest BCUT2D eigenvalue weighted by Crippen LogP contribution is 2.25. The van der Waals surface area contributed by atoms with Gasteiger partial charge in [-0.2, -0.15) is 0 Å². The average molecular weight is 325 g/mol. The van der Waals surface area contributed by atoms with Gasteiger partial charge in [-0.3, -0.25) is 15.5 Å². The molecule has 0 aliphatic carbocycles. The van der Waals surface area contributed by atoms with Crippen molar-refractivity contribution < 1.29 is 9.66 Å². The lowest BCUT2D eigenvalue weighted by molar-refractivity contribution is -0.384. The third-order valence-corrected chi connectivity index (χ3v) is 3.55. The second-order valence-electron chi connectivity index (χ2n) is 5.34. The van der Waals surface area contributed by atoms with Crippen LogP contribution in [0.25, 0.3) is 0 Å². The van der Waals surface area contributed by atoms with E-state index in [4.69, 9.17) is 10.1 Å². The van der Waals surface area contributed by atoms with Gasteiger partial charge >= 0.3 is 0 Å². The molecule has 24 heavy (non-hydrogen) atoms. The van der Waals surface area contributed by atoms with Crippen LogP contribution >= 0.6 is 0 Å². The van der Waals surface area contributed by atoms with Gasteiger partial charge in [0.1, 0.15) is 5.75 Å². The summed E-state index contributed by atoms with van der Waals surface area (Å²) in [5, 5.41) is 22.3. The lowest BCUT2D eigenvalue weighted by atomic mass is 10.0. The third-order valence-electron chi connectivity index (χ3n) is 3.55. The second kappa shape index (κ2) is 7.41. The number of nitro groups is 1. The Morgan fingerprint density at radius 2 is 1.96 bits per heavy atom. The summed E-state index contributed by atoms with van der Waals surface area (Å²) >= 11 is 0. The number of hydrogen-bond acceptors (Lipinski definition) is 5. The van der Waals surface area contributed by atoms with E-state index >= 15 is 0 Å². The van der Waals surface area contributed by atoms with E-state index in [2.05, 4.69) is 11.9 Å². The fraction of sp³-hybridized carbons (Fsp3) is 0.167. The first-order chi connectivity index (χ1) is 11.4. The summed E-state index contributed by atoms with van der Waals surface area (Å²) < 4.78 is 5.12. The lowest BCUT2D eigenvalue weighted by Gasteiger charge is -2.13. The first kappa shape index (κ1) is 17.2. The molecule has 2 aromatic carbocycles. The highest BCUT2D eigenvalue weighted by Gasteiger charge is 2.14. The summed E-state index contributed by atoms with van der Waals surface area (Å²) in [5.41, 5.74) is 2.82. The summed E-state index contributed by atoms with van der Waals surface area (Å²) in [6.45, 7) is 5.98. The molecule has 0 fully saturated rings. The van der Waals surface area contributed by atoms with Crippen LogP contribution in [0.3, 0.4) is 0 Å². The Bertz CT molecular complexity index is 783. The Morgan fingerprint density at radius 3 is 2.50 bits per heavy atom. The first-order valence-corrected chi connectivity index (χ1v) is 7.32. The van der Waals surface area contributed by atoms with Crippen molar-refractivity contribution in [3.05, 3.63) is 75.9 Å². The van der Waals surface area contributed by atoms with Gasteiger partial charge in [0.15, 0.2) is 0 Å². The van der Waals surface area contributed by atoms with Gasteiger partial charge in [-0.1, -0.05) is 18.7 Å². The molecule has 0 spiro atoms. The number of ether oxygens (including phenoxy) is 1. The Labute approximate surface area is 140 Å². The molecule has 6 nitrogen and oxygen atoms in total. The molecule has 0 amide bonds. The molecule has 0 saturated heterocycles. The van der Waals surface area contributed by atoms with Crippen molar-refractivity contribution in [2.45, 2.75) is 13.5 Å². The molecule has 2 rings (SSSR count). The molecule has 0 aromatic heterocycles. The molecular formula is C18H19N3O3. The molecule has 2 N–H and O–H groups in total. The number of nitro benzene ring substituents is 1. The van der Waals surface area contributed by atoms with Crippen LogP contribution in [-0.2, 0) is 6.54 Å². The zero-order chi connectivity index (χ0) is 17.7. The van der Waals surface area contributed by atoms with Gasteiger partial charge in [0.05, 0.1) is 17.7 Å². The van der Waals surface area contributed by atoms with Crippen molar-refractivity contribution >= 4 is 17.1 Å². The standard InChI is InChI=1S/C18H19N3O3/c1-12(2)18(19)16-10-14(21(22)23)6-9-17(16)20-11-13-4-7-15(24-3)8-5-13/h4-10,19-20H,1,11H2,2-3H3. The van der Waals surface area contributed by atoms with Gasteiger partial charge < -0.3 is 10.1 Å². The van der Waals surface area contributed by atoms with Gasteiger partial charge in [0.25, 0.3) is 5.69 Å². The Balaban J connectivity index is 2.26. The van der Waals surface area contributed by atoms with Crippen LogP contribution in [0.1, 0.15) is 18.1 Å². The van der Waals surface area contributed by atoms with Gasteiger partial charge in [-0.15, -0.1) is 0 Å². The Kier molecular flexibility index (Phi) is 5.31.